The van der Waals surface area contributed by atoms with Crippen LogP contribution in [0.1, 0.15) is 49.9 Å². The van der Waals surface area contributed by atoms with Gasteiger partial charge < -0.3 is 9.84 Å². The van der Waals surface area contributed by atoms with E-state index in [1.54, 1.807) is 26.0 Å². The van der Waals surface area contributed by atoms with Crippen LogP contribution in [0.3, 0.4) is 0 Å². The molecule has 0 bridgehead atoms. The molecule has 1 N–H and O–H groups in total. The highest BCUT2D eigenvalue weighted by molar-refractivity contribution is 7.99. The minimum absolute atomic E-state index is 0.170. The van der Waals surface area contributed by atoms with E-state index in [4.69, 9.17) is 4.74 Å². The molecule has 39 heavy (non-hydrogen) atoms. The summed E-state index contributed by atoms with van der Waals surface area (Å²) in [5, 5.41) is 11.4. The maximum absolute atomic E-state index is 13.6. The number of benzene rings is 3. The van der Waals surface area contributed by atoms with Crippen molar-refractivity contribution in [1.82, 2.24) is 4.98 Å². The lowest BCUT2D eigenvalue weighted by molar-refractivity contribution is -0.141. The number of nitrogens with zero attached hydrogens (tertiary/aromatic N) is 1. The van der Waals surface area contributed by atoms with E-state index in [0.717, 1.165) is 52.1 Å². The third-order valence-electron chi connectivity index (χ3n) is 6.64. The maximum atomic E-state index is 13.6. The molecule has 0 saturated heterocycles. The normalized spacial score (nSPS) is 13.8. The molecule has 200 valence electrons. The van der Waals surface area contributed by atoms with Crippen molar-refractivity contribution in [3.8, 4) is 11.1 Å². The quantitative estimate of drug-likeness (QED) is 0.131. The van der Waals surface area contributed by atoms with Gasteiger partial charge >= 0.3 is 5.97 Å². The molecule has 0 amide bonds. The first-order valence-electron chi connectivity index (χ1n) is 12.9. The van der Waals surface area contributed by atoms with Crippen LogP contribution in [0.2, 0.25) is 0 Å². The molecule has 4 nitrogen and oxygen atoms in total. The molecule has 1 fully saturated rings. The number of carbonyl (C=O) groups excluding carboxylic acids is 1. The molecule has 1 saturated carbocycles. The highest BCUT2D eigenvalue weighted by Crippen LogP contribution is 2.36. The largest absolute Gasteiger partial charge is 0.454 e. The monoisotopic (exact) mass is 545 g/mol. The van der Waals surface area contributed by atoms with Gasteiger partial charge in [0, 0.05) is 22.8 Å². The number of aromatic nitrogens is 1. The van der Waals surface area contributed by atoms with Crippen LogP contribution in [0.4, 0.5) is 8.78 Å². The predicted octanol–water partition coefficient (Wildman–Crippen LogP) is 7.97. The molecule has 3 aromatic carbocycles. The van der Waals surface area contributed by atoms with Gasteiger partial charge in [0.15, 0.2) is 11.6 Å². The third kappa shape index (κ3) is 6.91. The summed E-state index contributed by atoms with van der Waals surface area (Å²) < 4.78 is 32.5. The molecule has 1 heterocycles. The Morgan fingerprint density at radius 1 is 1.03 bits per heavy atom. The SMILES string of the molecule is CC(C)(O)c1cc(-c2cccc(C=Cc3ccc4cc(F)c(F)cc4n3)c2)ccc1SCOC(=O)CC1CC1. The van der Waals surface area contributed by atoms with E-state index in [0.29, 0.717) is 28.9 Å². The molecule has 1 aliphatic carbocycles. The zero-order valence-corrected chi connectivity index (χ0v) is 22.6. The fourth-order valence-electron chi connectivity index (χ4n) is 4.32. The lowest BCUT2D eigenvalue weighted by Crippen LogP contribution is -2.17. The number of pyridine rings is 1. The van der Waals surface area contributed by atoms with Crippen LogP contribution < -0.4 is 0 Å². The Kier molecular flexibility index (Phi) is 7.82. The van der Waals surface area contributed by atoms with Crippen LogP contribution in [0.15, 0.2) is 71.6 Å². The van der Waals surface area contributed by atoms with Gasteiger partial charge in [-0.3, -0.25) is 4.79 Å². The van der Waals surface area contributed by atoms with Gasteiger partial charge in [-0.05, 0) is 91.3 Å². The molecule has 4 aromatic rings. The summed E-state index contributed by atoms with van der Waals surface area (Å²) in [6, 6.07) is 19.6. The molecule has 5 rings (SSSR count). The van der Waals surface area contributed by atoms with Crippen LogP contribution in [0.5, 0.6) is 0 Å². The van der Waals surface area contributed by atoms with Crippen molar-refractivity contribution in [2.45, 2.75) is 43.6 Å². The van der Waals surface area contributed by atoms with Crippen molar-refractivity contribution in [2.75, 3.05) is 5.94 Å². The average molecular weight is 546 g/mol. The van der Waals surface area contributed by atoms with Gasteiger partial charge in [0.25, 0.3) is 0 Å². The van der Waals surface area contributed by atoms with Gasteiger partial charge in [0.05, 0.1) is 16.8 Å². The highest BCUT2D eigenvalue weighted by atomic mass is 32.2. The standard InChI is InChI=1S/C32H29F2NO3S/c1-32(2,37)26-16-23(10-13-30(26)39-19-38-31(36)15-21-6-7-21)22-5-3-4-20(14-22)8-11-25-12-9-24-17-27(33)28(34)18-29(24)35-25/h3-5,8-14,16-18,21,37H,6-7,15,19H2,1-2H3. The number of hydrogen-bond donors (Lipinski definition) is 1. The molecule has 1 aliphatic rings. The lowest BCUT2D eigenvalue weighted by Gasteiger charge is -2.22. The Hall–Kier alpha value is -3.55. The average Bonchev–Trinajstić information content (AvgIpc) is 3.72. The van der Waals surface area contributed by atoms with Gasteiger partial charge in [-0.2, -0.15) is 0 Å². The highest BCUT2D eigenvalue weighted by Gasteiger charge is 2.25. The molecule has 0 spiro atoms. The van der Waals surface area contributed by atoms with Gasteiger partial charge in [-0.1, -0.05) is 48.2 Å². The van der Waals surface area contributed by atoms with E-state index in [9.17, 15) is 18.7 Å². The number of rotatable bonds is 9. The Balaban J connectivity index is 1.33. The summed E-state index contributed by atoms with van der Waals surface area (Å²) >= 11 is 1.40. The van der Waals surface area contributed by atoms with E-state index < -0.39 is 17.2 Å². The predicted molar refractivity (Wildman–Crippen MR) is 152 cm³/mol. The first-order valence-corrected chi connectivity index (χ1v) is 13.8. The number of fused-ring (bicyclic) bond motifs is 1. The summed E-state index contributed by atoms with van der Waals surface area (Å²) in [4.78, 5) is 17.2. The molecular formula is C32H29F2NO3S. The lowest BCUT2D eigenvalue weighted by atomic mass is 9.93. The molecule has 0 radical (unpaired) electrons. The number of hydrogen-bond acceptors (Lipinski definition) is 5. The van der Waals surface area contributed by atoms with Crippen molar-refractivity contribution in [2.24, 2.45) is 5.92 Å². The van der Waals surface area contributed by atoms with Gasteiger partial charge in [-0.25, -0.2) is 13.8 Å². The number of halogens is 2. The van der Waals surface area contributed by atoms with Crippen LogP contribution in [0.25, 0.3) is 34.2 Å². The molecule has 0 atom stereocenters. The Morgan fingerprint density at radius 3 is 2.56 bits per heavy atom. The summed E-state index contributed by atoms with van der Waals surface area (Å²) in [7, 11) is 0. The van der Waals surface area contributed by atoms with Crippen molar-refractivity contribution >= 4 is 40.8 Å². The number of ether oxygens (including phenoxy) is 1. The fourth-order valence-corrected chi connectivity index (χ4v) is 5.26. The van der Waals surface area contributed by atoms with Gasteiger partial charge in [0.1, 0.15) is 5.94 Å². The van der Waals surface area contributed by atoms with E-state index in [1.807, 2.05) is 54.6 Å². The van der Waals surface area contributed by atoms with E-state index >= 15 is 0 Å². The third-order valence-corrected chi connectivity index (χ3v) is 7.55. The van der Waals surface area contributed by atoms with Crippen LogP contribution in [-0.2, 0) is 15.1 Å². The smallest absolute Gasteiger partial charge is 0.306 e. The van der Waals surface area contributed by atoms with Crippen molar-refractivity contribution < 1.29 is 23.4 Å². The topological polar surface area (TPSA) is 59.4 Å². The fraction of sp³-hybridized carbons (Fsp3) is 0.250. The van der Waals surface area contributed by atoms with Crippen LogP contribution in [-0.4, -0.2) is 22.0 Å². The van der Waals surface area contributed by atoms with Crippen molar-refractivity contribution in [3.63, 3.8) is 0 Å². The summed E-state index contributed by atoms with van der Waals surface area (Å²) in [5.41, 5.74) is 3.54. The summed E-state index contributed by atoms with van der Waals surface area (Å²) in [6.45, 7) is 3.48. The Bertz CT molecular complexity index is 1560. The minimum atomic E-state index is -1.09. The molecule has 0 unspecified atom stereocenters. The molecular weight excluding hydrogens is 516 g/mol. The van der Waals surface area contributed by atoms with Crippen LogP contribution >= 0.6 is 11.8 Å². The Labute approximate surface area is 230 Å². The molecule has 7 heteroatoms. The zero-order valence-electron chi connectivity index (χ0n) is 21.8. The first-order chi connectivity index (χ1) is 18.7. The molecule has 1 aromatic heterocycles. The van der Waals surface area contributed by atoms with E-state index in [1.165, 1.54) is 11.8 Å². The first kappa shape index (κ1) is 27.0. The number of thioether (sulfide) groups is 1. The second kappa shape index (κ2) is 11.3. The van der Waals surface area contributed by atoms with E-state index in [-0.39, 0.29) is 11.9 Å². The second-order valence-electron chi connectivity index (χ2n) is 10.3. The number of carbonyl (C=O) groups is 1. The maximum Gasteiger partial charge on any atom is 0.306 e. The number of aliphatic hydroxyl groups is 1. The number of esters is 1. The summed E-state index contributed by atoms with van der Waals surface area (Å²) in [6.07, 6.45) is 6.43. The van der Waals surface area contributed by atoms with Crippen LogP contribution in [0, 0.1) is 17.6 Å². The summed E-state index contributed by atoms with van der Waals surface area (Å²) in [5.74, 6) is -1.29. The van der Waals surface area contributed by atoms with Crippen molar-refractivity contribution in [1.29, 1.82) is 0 Å². The van der Waals surface area contributed by atoms with Gasteiger partial charge in [0.2, 0.25) is 0 Å². The van der Waals surface area contributed by atoms with Crippen molar-refractivity contribution in [3.05, 3.63) is 95.2 Å². The molecule has 0 aliphatic heterocycles. The van der Waals surface area contributed by atoms with Gasteiger partial charge in [-0.15, -0.1) is 0 Å². The zero-order chi connectivity index (χ0) is 27.6. The second-order valence-corrected chi connectivity index (χ2v) is 11.3. The minimum Gasteiger partial charge on any atom is -0.454 e. The Morgan fingerprint density at radius 2 is 1.79 bits per heavy atom. The van der Waals surface area contributed by atoms with E-state index in [2.05, 4.69) is 4.98 Å².